The Balaban J connectivity index is 2.22. The van der Waals surface area contributed by atoms with Crippen LogP contribution in [-0.4, -0.2) is 29.7 Å². The Labute approximate surface area is 115 Å². The third-order valence-electron chi connectivity index (χ3n) is 4.11. The molecule has 0 aromatic heterocycles. The first-order valence-corrected chi connectivity index (χ1v) is 7.33. The number of nitrogens with one attached hydrogen (secondary N) is 2. The van der Waals surface area contributed by atoms with Crippen molar-refractivity contribution in [2.75, 3.05) is 6.54 Å². The Morgan fingerprint density at radius 2 is 1.74 bits per heavy atom. The van der Waals surface area contributed by atoms with Crippen LogP contribution >= 0.6 is 0 Å². The van der Waals surface area contributed by atoms with Crippen LogP contribution in [0.4, 0.5) is 4.79 Å². The highest BCUT2D eigenvalue weighted by Crippen LogP contribution is 2.29. The van der Waals surface area contributed by atoms with E-state index in [-0.39, 0.29) is 6.03 Å². The van der Waals surface area contributed by atoms with Crippen molar-refractivity contribution < 1.29 is 14.7 Å². The zero-order chi connectivity index (χ0) is 14.3. The summed E-state index contributed by atoms with van der Waals surface area (Å²) in [5, 5.41) is 14.1. The van der Waals surface area contributed by atoms with Gasteiger partial charge in [0.15, 0.2) is 0 Å². The summed E-state index contributed by atoms with van der Waals surface area (Å²) in [6, 6.07) is -1.16. The van der Waals surface area contributed by atoms with Crippen LogP contribution in [0.25, 0.3) is 0 Å². The van der Waals surface area contributed by atoms with Gasteiger partial charge in [-0.15, -0.1) is 0 Å². The first-order valence-electron chi connectivity index (χ1n) is 7.33. The number of hydrogen-bond donors (Lipinski definition) is 3. The summed E-state index contributed by atoms with van der Waals surface area (Å²) in [6.45, 7) is 4.62. The van der Waals surface area contributed by atoms with Gasteiger partial charge in [0, 0.05) is 6.54 Å². The highest BCUT2D eigenvalue weighted by atomic mass is 16.4. The van der Waals surface area contributed by atoms with Gasteiger partial charge in [-0.1, -0.05) is 33.1 Å². The van der Waals surface area contributed by atoms with E-state index in [0.717, 1.165) is 18.8 Å². The lowest BCUT2D eigenvalue weighted by Gasteiger charge is -2.28. The van der Waals surface area contributed by atoms with Crippen LogP contribution in [0.3, 0.4) is 0 Å². The predicted molar refractivity (Wildman–Crippen MR) is 74.0 cm³/mol. The van der Waals surface area contributed by atoms with Gasteiger partial charge in [-0.25, -0.2) is 9.59 Å². The Morgan fingerprint density at radius 1 is 1.16 bits per heavy atom. The SMILES string of the molecule is CCC1CCC(CNC(=O)N[C@H](CC)C(=O)O)CC1. The molecule has 1 aliphatic rings. The normalized spacial score (nSPS) is 24.5. The molecule has 3 N–H and O–H groups in total. The number of hydrogen-bond acceptors (Lipinski definition) is 2. The summed E-state index contributed by atoms with van der Waals surface area (Å²) in [4.78, 5) is 22.4. The zero-order valence-corrected chi connectivity index (χ0v) is 11.9. The Bertz CT molecular complexity index is 299. The van der Waals surface area contributed by atoms with E-state index < -0.39 is 12.0 Å². The van der Waals surface area contributed by atoms with E-state index in [0.29, 0.717) is 18.9 Å². The Kier molecular flexibility index (Phi) is 6.67. The number of carboxylic acids is 1. The molecule has 1 aliphatic carbocycles. The molecule has 110 valence electrons. The van der Waals surface area contributed by atoms with Crippen molar-refractivity contribution in [3.63, 3.8) is 0 Å². The van der Waals surface area contributed by atoms with E-state index in [1.54, 1.807) is 6.92 Å². The van der Waals surface area contributed by atoms with Crippen molar-refractivity contribution in [1.82, 2.24) is 10.6 Å². The third kappa shape index (κ3) is 5.49. The van der Waals surface area contributed by atoms with Crippen molar-refractivity contribution in [3.05, 3.63) is 0 Å². The molecule has 0 spiro atoms. The van der Waals surface area contributed by atoms with E-state index in [1.165, 1.54) is 19.3 Å². The molecule has 0 bridgehead atoms. The zero-order valence-electron chi connectivity index (χ0n) is 11.9. The second kappa shape index (κ2) is 8.02. The molecule has 1 atom stereocenters. The van der Waals surface area contributed by atoms with Gasteiger partial charge in [0.1, 0.15) is 6.04 Å². The van der Waals surface area contributed by atoms with Crippen LogP contribution in [0.15, 0.2) is 0 Å². The Hall–Kier alpha value is -1.26. The average molecular weight is 270 g/mol. The monoisotopic (exact) mass is 270 g/mol. The van der Waals surface area contributed by atoms with Gasteiger partial charge in [0.25, 0.3) is 0 Å². The first kappa shape index (κ1) is 15.8. The maximum absolute atomic E-state index is 11.6. The largest absolute Gasteiger partial charge is 0.480 e. The molecule has 1 saturated carbocycles. The minimum atomic E-state index is -0.985. The van der Waals surface area contributed by atoms with Gasteiger partial charge in [0.05, 0.1) is 0 Å². The average Bonchev–Trinajstić information content (AvgIpc) is 2.42. The molecule has 0 aliphatic heterocycles. The number of amides is 2. The number of carbonyl (C=O) groups excluding carboxylic acids is 1. The Morgan fingerprint density at radius 3 is 2.21 bits per heavy atom. The van der Waals surface area contributed by atoms with Crippen molar-refractivity contribution in [2.45, 2.75) is 58.4 Å². The van der Waals surface area contributed by atoms with Crippen molar-refractivity contribution in [1.29, 1.82) is 0 Å². The van der Waals surface area contributed by atoms with E-state index >= 15 is 0 Å². The molecule has 19 heavy (non-hydrogen) atoms. The van der Waals surface area contributed by atoms with Gasteiger partial charge in [-0.2, -0.15) is 0 Å². The van der Waals surface area contributed by atoms with E-state index in [2.05, 4.69) is 17.6 Å². The fourth-order valence-corrected chi connectivity index (χ4v) is 2.63. The van der Waals surface area contributed by atoms with Crippen LogP contribution in [-0.2, 0) is 4.79 Å². The summed E-state index contributed by atoms with van der Waals surface area (Å²) in [6.07, 6.45) is 6.46. The molecule has 1 fully saturated rings. The van der Waals surface area contributed by atoms with Crippen molar-refractivity contribution >= 4 is 12.0 Å². The molecular formula is C14H26N2O3. The molecular weight excluding hydrogens is 244 g/mol. The lowest BCUT2D eigenvalue weighted by Crippen LogP contribution is -2.46. The second-order valence-electron chi connectivity index (χ2n) is 5.45. The van der Waals surface area contributed by atoms with Crippen LogP contribution in [0.5, 0.6) is 0 Å². The molecule has 5 heteroatoms. The van der Waals surface area contributed by atoms with Gasteiger partial charge in [0.2, 0.25) is 0 Å². The van der Waals surface area contributed by atoms with Gasteiger partial charge >= 0.3 is 12.0 Å². The minimum absolute atomic E-state index is 0.369. The molecule has 0 aromatic rings. The lowest BCUT2D eigenvalue weighted by atomic mass is 9.81. The van der Waals surface area contributed by atoms with Gasteiger partial charge < -0.3 is 15.7 Å². The minimum Gasteiger partial charge on any atom is -0.480 e. The smallest absolute Gasteiger partial charge is 0.326 e. The third-order valence-corrected chi connectivity index (χ3v) is 4.11. The fourth-order valence-electron chi connectivity index (χ4n) is 2.63. The molecule has 2 amide bonds. The molecule has 0 unspecified atom stereocenters. The summed E-state index contributed by atoms with van der Waals surface area (Å²) in [5.74, 6) is 0.404. The van der Waals surface area contributed by atoms with Crippen LogP contribution in [0.1, 0.15) is 52.4 Å². The maximum Gasteiger partial charge on any atom is 0.326 e. The number of rotatable bonds is 6. The molecule has 0 saturated heterocycles. The highest BCUT2D eigenvalue weighted by Gasteiger charge is 2.21. The van der Waals surface area contributed by atoms with Crippen molar-refractivity contribution in [3.8, 4) is 0 Å². The molecule has 0 radical (unpaired) electrons. The number of urea groups is 1. The quantitative estimate of drug-likeness (QED) is 0.693. The molecule has 1 rings (SSSR count). The molecule has 5 nitrogen and oxygen atoms in total. The summed E-state index contributed by atoms with van der Waals surface area (Å²) in [5.41, 5.74) is 0. The maximum atomic E-state index is 11.6. The van der Waals surface area contributed by atoms with Crippen LogP contribution in [0.2, 0.25) is 0 Å². The van der Waals surface area contributed by atoms with Crippen LogP contribution in [0, 0.1) is 11.8 Å². The number of carboxylic acid groups (broad SMARTS) is 1. The second-order valence-corrected chi connectivity index (χ2v) is 5.45. The van der Waals surface area contributed by atoms with E-state index in [1.807, 2.05) is 0 Å². The summed E-state index contributed by atoms with van der Waals surface area (Å²) in [7, 11) is 0. The fraction of sp³-hybridized carbons (Fsp3) is 0.857. The predicted octanol–water partition coefficient (Wildman–Crippen LogP) is 2.37. The number of carbonyl (C=O) groups is 2. The molecule has 0 heterocycles. The topological polar surface area (TPSA) is 78.4 Å². The van der Waals surface area contributed by atoms with E-state index in [9.17, 15) is 9.59 Å². The van der Waals surface area contributed by atoms with Crippen molar-refractivity contribution in [2.24, 2.45) is 11.8 Å². The first-order chi connectivity index (χ1) is 9.06. The molecule has 0 aromatic carbocycles. The van der Waals surface area contributed by atoms with Gasteiger partial charge in [-0.3, -0.25) is 0 Å². The highest BCUT2D eigenvalue weighted by molar-refractivity contribution is 5.82. The standard InChI is InChI=1S/C14H26N2O3/c1-3-10-5-7-11(8-6-10)9-15-14(19)16-12(4-2)13(17)18/h10-12H,3-9H2,1-2H3,(H,17,18)(H2,15,16,19)/t10?,11?,12-/m1/s1. The summed E-state index contributed by atoms with van der Waals surface area (Å²) >= 11 is 0. The summed E-state index contributed by atoms with van der Waals surface area (Å²) < 4.78 is 0. The lowest BCUT2D eigenvalue weighted by molar-refractivity contribution is -0.139. The van der Waals surface area contributed by atoms with Crippen LogP contribution < -0.4 is 10.6 Å². The number of aliphatic carboxylic acids is 1. The van der Waals surface area contributed by atoms with E-state index in [4.69, 9.17) is 5.11 Å². The van der Waals surface area contributed by atoms with Gasteiger partial charge in [-0.05, 0) is 31.1 Å².